The zero-order chi connectivity index (χ0) is 16.7. The van der Waals surface area contributed by atoms with E-state index in [2.05, 4.69) is 29.8 Å². The SMILES string of the molecule is Cc1ccc(NC(=O)[C@H]2CCn3c(nc4ccccc43)C2)cc1C. The Hall–Kier alpha value is -2.62. The summed E-state index contributed by atoms with van der Waals surface area (Å²) in [6, 6.07) is 14.2. The highest BCUT2D eigenvalue weighted by atomic mass is 16.1. The predicted octanol–water partition coefficient (Wildman–Crippen LogP) is 3.85. The number of imidazole rings is 1. The van der Waals surface area contributed by atoms with Gasteiger partial charge in [-0.3, -0.25) is 4.79 Å². The number of anilines is 1. The summed E-state index contributed by atoms with van der Waals surface area (Å²) in [4.78, 5) is 17.3. The van der Waals surface area contributed by atoms with Crippen molar-refractivity contribution in [1.29, 1.82) is 0 Å². The van der Waals surface area contributed by atoms with Gasteiger partial charge in [0.15, 0.2) is 0 Å². The first-order chi connectivity index (χ1) is 11.6. The van der Waals surface area contributed by atoms with Gasteiger partial charge in [0.25, 0.3) is 0 Å². The highest BCUT2D eigenvalue weighted by molar-refractivity contribution is 5.93. The van der Waals surface area contributed by atoms with Gasteiger partial charge in [-0.25, -0.2) is 4.98 Å². The number of fused-ring (bicyclic) bond motifs is 3. The highest BCUT2D eigenvalue weighted by Gasteiger charge is 2.27. The number of para-hydroxylation sites is 2. The van der Waals surface area contributed by atoms with E-state index < -0.39 is 0 Å². The summed E-state index contributed by atoms with van der Waals surface area (Å²) in [6.45, 7) is 4.99. The molecule has 4 heteroatoms. The second kappa shape index (κ2) is 5.78. The lowest BCUT2D eigenvalue weighted by molar-refractivity contribution is -0.120. The molecule has 1 aromatic heterocycles. The van der Waals surface area contributed by atoms with Crippen LogP contribution in [0.15, 0.2) is 42.5 Å². The first-order valence-corrected chi connectivity index (χ1v) is 8.44. The number of aryl methyl sites for hydroxylation is 3. The van der Waals surface area contributed by atoms with Gasteiger partial charge < -0.3 is 9.88 Å². The molecular weight excluding hydrogens is 298 g/mol. The number of rotatable bonds is 2. The fourth-order valence-corrected chi connectivity index (χ4v) is 3.43. The summed E-state index contributed by atoms with van der Waals surface area (Å²) in [6.07, 6.45) is 1.55. The summed E-state index contributed by atoms with van der Waals surface area (Å²) in [5.41, 5.74) is 5.49. The molecule has 0 unspecified atom stereocenters. The van der Waals surface area contributed by atoms with Crippen LogP contribution in [-0.2, 0) is 17.8 Å². The maximum atomic E-state index is 12.6. The monoisotopic (exact) mass is 319 g/mol. The van der Waals surface area contributed by atoms with E-state index >= 15 is 0 Å². The molecule has 122 valence electrons. The fourth-order valence-electron chi connectivity index (χ4n) is 3.43. The van der Waals surface area contributed by atoms with Gasteiger partial charge in [0, 0.05) is 24.6 Å². The number of carbonyl (C=O) groups excluding carboxylic acids is 1. The number of hydrogen-bond acceptors (Lipinski definition) is 2. The minimum atomic E-state index is -0.0177. The standard InChI is InChI=1S/C20H21N3O/c1-13-7-8-16(11-14(13)2)21-20(24)15-9-10-23-18-6-4-3-5-17(18)22-19(23)12-15/h3-8,11,15H,9-10,12H2,1-2H3,(H,21,24)/t15-/m0/s1. The molecule has 1 aliphatic rings. The van der Waals surface area contributed by atoms with Crippen LogP contribution < -0.4 is 5.32 Å². The molecule has 24 heavy (non-hydrogen) atoms. The van der Waals surface area contributed by atoms with E-state index in [4.69, 9.17) is 4.98 Å². The molecule has 2 heterocycles. The summed E-state index contributed by atoms with van der Waals surface area (Å²) >= 11 is 0. The zero-order valence-electron chi connectivity index (χ0n) is 14.0. The third-order valence-electron chi connectivity index (χ3n) is 5.01. The van der Waals surface area contributed by atoms with Crippen molar-refractivity contribution in [3.63, 3.8) is 0 Å². The molecule has 0 fully saturated rings. The van der Waals surface area contributed by atoms with Gasteiger partial charge in [0.05, 0.1) is 11.0 Å². The van der Waals surface area contributed by atoms with E-state index in [0.717, 1.165) is 30.0 Å². The Bertz CT molecular complexity index is 926. The van der Waals surface area contributed by atoms with E-state index in [1.807, 2.05) is 36.4 Å². The van der Waals surface area contributed by atoms with Crippen LogP contribution in [0.5, 0.6) is 0 Å². The number of benzene rings is 2. The molecule has 0 aliphatic carbocycles. The van der Waals surface area contributed by atoms with Gasteiger partial charge in [-0.15, -0.1) is 0 Å². The van der Waals surface area contributed by atoms with Crippen LogP contribution in [0.25, 0.3) is 11.0 Å². The van der Waals surface area contributed by atoms with Gasteiger partial charge in [-0.1, -0.05) is 18.2 Å². The highest BCUT2D eigenvalue weighted by Crippen LogP contribution is 2.26. The Labute approximate surface area is 141 Å². The number of carbonyl (C=O) groups is 1. The predicted molar refractivity (Wildman–Crippen MR) is 96.1 cm³/mol. The van der Waals surface area contributed by atoms with Gasteiger partial charge >= 0.3 is 0 Å². The largest absolute Gasteiger partial charge is 0.328 e. The van der Waals surface area contributed by atoms with Crippen molar-refractivity contribution in [1.82, 2.24) is 9.55 Å². The van der Waals surface area contributed by atoms with Crippen LogP contribution in [0.2, 0.25) is 0 Å². The zero-order valence-corrected chi connectivity index (χ0v) is 14.0. The van der Waals surface area contributed by atoms with Gasteiger partial charge in [-0.2, -0.15) is 0 Å². The Kier molecular flexibility index (Phi) is 3.60. The van der Waals surface area contributed by atoms with E-state index in [9.17, 15) is 4.79 Å². The molecule has 4 rings (SSSR count). The molecule has 0 saturated carbocycles. The summed E-state index contributed by atoms with van der Waals surface area (Å²) in [7, 11) is 0. The van der Waals surface area contributed by atoms with Gasteiger partial charge in [-0.05, 0) is 55.7 Å². The van der Waals surface area contributed by atoms with E-state index in [0.29, 0.717) is 6.42 Å². The van der Waals surface area contributed by atoms with Crippen molar-refractivity contribution in [2.24, 2.45) is 5.92 Å². The van der Waals surface area contributed by atoms with Crippen molar-refractivity contribution in [2.45, 2.75) is 33.2 Å². The first-order valence-electron chi connectivity index (χ1n) is 8.44. The van der Waals surface area contributed by atoms with E-state index in [1.165, 1.54) is 16.6 Å². The van der Waals surface area contributed by atoms with Crippen molar-refractivity contribution >= 4 is 22.6 Å². The Morgan fingerprint density at radius 2 is 2.00 bits per heavy atom. The first kappa shape index (κ1) is 14.9. The van der Waals surface area contributed by atoms with Crippen molar-refractivity contribution in [3.05, 3.63) is 59.4 Å². The van der Waals surface area contributed by atoms with Gasteiger partial charge in [0.1, 0.15) is 5.82 Å². The lowest BCUT2D eigenvalue weighted by Gasteiger charge is -2.23. The molecule has 0 spiro atoms. The number of nitrogens with zero attached hydrogens (tertiary/aromatic N) is 2. The lowest BCUT2D eigenvalue weighted by atomic mass is 9.96. The summed E-state index contributed by atoms with van der Waals surface area (Å²) in [5, 5.41) is 3.07. The average Bonchev–Trinajstić information content (AvgIpc) is 2.96. The molecule has 1 N–H and O–H groups in total. The van der Waals surface area contributed by atoms with Crippen LogP contribution in [0.3, 0.4) is 0 Å². The molecule has 3 aromatic rings. The summed E-state index contributed by atoms with van der Waals surface area (Å²) in [5.74, 6) is 1.09. The smallest absolute Gasteiger partial charge is 0.228 e. The number of hydrogen-bond donors (Lipinski definition) is 1. The average molecular weight is 319 g/mol. The van der Waals surface area contributed by atoms with E-state index in [-0.39, 0.29) is 11.8 Å². The van der Waals surface area contributed by atoms with Crippen molar-refractivity contribution in [3.8, 4) is 0 Å². The minimum absolute atomic E-state index is 0.0177. The second-order valence-electron chi connectivity index (χ2n) is 6.65. The molecule has 1 atom stereocenters. The normalized spacial score (nSPS) is 16.8. The molecule has 4 nitrogen and oxygen atoms in total. The fraction of sp³-hybridized carbons (Fsp3) is 0.300. The third-order valence-corrected chi connectivity index (χ3v) is 5.01. The minimum Gasteiger partial charge on any atom is -0.328 e. The lowest BCUT2D eigenvalue weighted by Crippen LogP contribution is -2.30. The number of amides is 1. The van der Waals surface area contributed by atoms with Crippen molar-refractivity contribution in [2.75, 3.05) is 5.32 Å². The van der Waals surface area contributed by atoms with Crippen molar-refractivity contribution < 1.29 is 4.79 Å². The maximum absolute atomic E-state index is 12.6. The number of nitrogens with one attached hydrogen (secondary N) is 1. The van der Waals surface area contributed by atoms with Gasteiger partial charge in [0.2, 0.25) is 5.91 Å². The van der Waals surface area contributed by atoms with Crippen LogP contribution >= 0.6 is 0 Å². The topological polar surface area (TPSA) is 46.9 Å². The molecule has 0 saturated heterocycles. The van der Waals surface area contributed by atoms with Crippen LogP contribution in [-0.4, -0.2) is 15.5 Å². The maximum Gasteiger partial charge on any atom is 0.228 e. The molecular formula is C20H21N3O. The molecule has 0 radical (unpaired) electrons. The Morgan fingerprint density at radius 1 is 1.17 bits per heavy atom. The van der Waals surface area contributed by atoms with Crippen LogP contribution in [0.4, 0.5) is 5.69 Å². The Morgan fingerprint density at radius 3 is 2.83 bits per heavy atom. The number of aromatic nitrogens is 2. The quantitative estimate of drug-likeness (QED) is 0.780. The second-order valence-corrected chi connectivity index (χ2v) is 6.65. The molecule has 2 aromatic carbocycles. The third kappa shape index (κ3) is 2.58. The van der Waals surface area contributed by atoms with Crippen LogP contribution in [0, 0.1) is 19.8 Å². The summed E-state index contributed by atoms with van der Waals surface area (Å²) < 4.78 is 2.25. The molecule has 1 aliphatic heterocycles. The van der Waals surface area contributed by atoms with Crippen LogP contribution in [0.1, 0.15) is 23.4 Å². The van der Waals surface area contributed by atoms with E-state index in [1.54, 1.807) is 0 Å². The Balaban J connectivity index is 1.53. The molecule has 1 amide bonds. The molecule has 0 bridgehead atoms.